The zero-order valence-electron chi connectivity index (χ0n) is 12.3. The van der Waals surface area contributed by atoms with E-state index >= 15 is 0 Å². The van der Waals surface area contributed by atoms with Gasteiger partial charge in [-0.3, -0.25) is 0 Å². The molecule has 3 rings (SSSR count). The van der Waals surface area contributed by atoms with Gasteiger partial charge in [0.05, 0.1) is 0 Å². The Labute approximate surface area is 130 Å². The van der Waals surface area contributed by atoms with Crippen molar-refractivity contribution >= 4 is 17.4 Å². The van der Waals surface area contributed by atoms with E-state index in [0.717, 1.165) is 36.6 Å². The molecule has 0 amide bonds. The first kappa shape index (κ1) is 14.3. The predicted molar refractivity (Wildman–Crippen MR) is 87.0 cm³/mol. The summed E-state index contributed by atoms with van der Waals surface area (Å²) in [6, 6.07) is 10.5. The Kier molecular flexibility index (Phi) is 4.39. The van der Waals surface area contributed by atoms with Crippen molar-refractivity contribution < 1.29 is 0 Å². The molecular weight excluding hydrogens is 282 g/mol. The van der Waals surface area contributed by atoms with Crippen LogP contribution in [0.25, 0.3) is 0 Å². The molecule has 1 aromatic heterocycles. The van der Waals surface area contributed by atoms with Gasteiger partial charge in [-0.1, -0.05) is 41.9 Å². The molecule has 0 saturated heterocycles. The molecule has 0 spiro atoms. The second-order valence-electron chi connectivity index (χ2n) is 5.64. The van der Waals surface area contributed by atoms with Crippen LogP contribution in [0.2, 0.25) is 5.15 Å². The van der Waals surface area contributed by atoms with Crippen molar-refractivity contribution in [2.75, 3.05) is 11.9 Å². The molecule has 2 aromatic rings. The SMILES string of the molecule is Cc1c(Cl)nc(C2CC2)nc1NCCCc1ccccc1. The van der Waals surface area contributed by atoms with Crippen LogP contribution in [-0.2, 0) is 6.42 Å². The molecule has 21 heavy (non-hydrogen) atoms. The minimum atomic E-state index is 0.521. The highest BCUT2D eigenvalue weighted by atomic mass is 35.5. The summed E-state index contributed by atoms with van der Waals surface area (Å²) in [5.74, 6) is 2.31. The number of nitrogens with zero attached hydrogens (tertiary/aromatic N) is 2. The minimum absolute atomic E-state index is 0.521. The largest absolute Gasteiger partial charge is 0.370 e. The van der Waals surface area contributed by atoms with Gasteiger partial charge in [-0.05, 0) is 38.2 Å². The standard InChI is InChI=1S/C17H20ClN3/c1-12-15(18)20-17(14-9-10-14)21-16(12)19-11-5-8-13-6-3-2-4-7-13/h2-4,6-7,14H,5,8-11H2,1H3,(H,19,20,21). The maximum Gasteiger partial charge on any atom is 0.137 e. The summed E-state index contributed by atoms with van der Waals surface area (Å²) in [5, 5.41) is 3.99. The van der Waals surface area contributed by atoms with Gasteiger partial charge < -0.3 is 5.32 Å². The van der Waals surface area contributed by atoms with E-state index in [-0.39, 0.29) is 0 Å². The van der Waals surface area contributed by atoms with E-state index in [1.807, 2.05) is 13.0 Å². The summed E-state index contributed by atoms with van der Waals surface area (Å²) in [5.41, 5.74) is 2.32. The molecule has 1 heterocycles. The maximum atomic E-state index is 6.21. The van der Waals surface area contributed by atoms with Gasteiger partial charge in [0.25, 0.3) is 0 Å². The number of anilines is 1. The Hall–Kier alpha value is -1.61. The van der Waals surface area contributed by atoms with Crippen LogP contribution >= 0.6 is 11.6 Å². The topological polar surface area (TPSA) is 37.8 Å². The van der Waals surface area contributed by atoms with Gasteiger partial charge in [0.2, 0.25) is 0 Å². The number of hydrogen-bond donors (Lipinski definition) is 1. The summed E-state index contributed by atoms with van der Waals surface area (Å²) >= 11 is 6.21. The van der Waals surface area contributed by atoms with E-state index in [9.17, 15) is 0 Å². The summed E-state index contributed by atoms with van der Waals surface area (Å²) < 4.78 is 0. The van der Waals surface area contributed by atoms with Crippen molar-refractivity contribution in [2.24, 2.45) is 0 Å². The molecule has 0 radical (unpaired) electrons. The maximum absolute atomic E-state index is 6.21. The number of benzene rings is 1. The summed E-state index contributed by atoms with van der Waals surface area (Å²) in [6.45, 7) is 2.87. The summed E-state index contributed by atoms with van der Waals surface area (Å²) in [7, 11) is 0. The normalized spacial score (nSPS) is 14.2. The van der Waals surface area contributed by atoms with E-state index in [4.69, 9.17) is 11.6 Å². The summed E-state index contributed by atoms with van der Waals surface area (Å²) in [4.78, 5) is 9.02. The van der Waals surface area contributed by atoms with E-state index in [1.54, 1.807) is 0 Å². The number of hydrogen-bond acceptors (Lipinski definition) is 3. The van der Waals surface area contributed by atoms with Gasteiger partial charge in [0.15, 0.2) is 0 Å². The average molecular weight is 302 g/mol. The number of nitrogens with one attached hydrogen (secondary N) is 1. The van der Waals surface area contributed by atoms with Gasteiger partial charge in [-0.2, -0.15) is 0 Å². The van der Waals surface area contributed by atoms with Crippen LogP contribution in [0.4, 0.5) is 5.82 Å². The number of halogens is 1. The predicted octanol–water partition coefficient (Wildman–Crippen LogP) is 4.36. The Morgan fingerprint density at radius 1 is 1.19 bits per heavy atom. The smallest absolute Gasteiger partial charge is 0.137 e. The van der Waals surface area contributed by atoms with Crippen LogP contribution in [0.1, 0.15) is 42.1 Å². The molecule has 110 valence electrons. The third-order valence-electron chi connectivity index (χ3n) is 3.82. The number of aromatic nitrogens is 2. The van der Waals surface area contributed by atoms with Crippen LogP contribution in [0.3, 0.4) is 0 Å². The zero-order chi connectivity index (χ0) is 14.7. The van der Waals surface area contributed by atoms with E-state index in [2.05, 4.69) is 39.6 Å². The van der Waals surface area contributed by atoms with Gasteiger partial charge in [0.1, 0.15) is 16.8 Å². The van der Waals surface area contributed by atoms with Gasteiger partial charge in [-0.25, -0.2) is 9.97 Å². The van der Waals surface area contributed by atoms with Crippen molar-refractivity contribution in [3.8, 4) is 0 Å². The molecule has 1 saturated carbocycles. The average Bonchev–Trinajstić information content (AvgIpc) is 3.33. The molecule has 1 aliphatic carbocycles. The van der Waals surface area contributed by atoms with Crippen LogP contribution in [0.15, 0.2) is 30.3 Å². The first-order valence-corrected chi connectivity index (χ1v) is 7.93. The highest BCUT2D eigenvalue weighted by Gasteiger charge is 2.27. The van der Waals surface area contributed by atoms with Crippen molar-refractivity contribution in [2.45, 2.75) is 38.5 Å². The van der Waals surface area contributed by atoms with Crippen molar-refractivity contribution in [1.82, 2.24) is 9.97 Å². The molecule has 0 bridgehead atoms. The lowest BCUT2D eigenvalue weighted by atomic mass is 10.1. The second-order valence-corrected chi connectivity index (χ2v) is 5.99. The highest BCUT2D eigenvalue weighted by Crippen LogP contribution is 2.39. The third-order valence-corrected chi connectivity index (χ3v) is 4.19. The Morgan fingerprint density at radius 2 is 1.95 bits per heavy atom. The second kappa shape index (κ2) is 6.44. The molecule has 1 aliphatic rings. The first-order chi connectivity index (χ1) is 10.2. The van der Waals surface area contributed by atoms with Gasteiger partial charge in [0, 0.05) is 18.0 Å². The fourth-order valence-electron chi connectivity index (χ4n) is 2.35. The molecule has 3 nitrogen and oxygen atoms in total. The Bertz CT molecular complexity index is 609. The molecule has 4 heteroatoms. The van der Waals surface area contributed by atoms with Crippen LogP contribution in [0, 0.1) is 6.92 Å². The van der Waals surface area contributed by atoms with Gasteiger partial charge in [-0.15, -0.1) is 0 Å². The molecule has 0 aliphatic heterocycles. The van der Waals surface area contributed by atoms with Crippen molar-refractivity contribution in [3.05, 3.63) is 52.4 Å². The van der Waals surface area contributed by atoms with E-state index < -0.39 is 0 Å². The molecule has 1 N–H and O–H groups in total. The zero-order valence-corrected chi connectivity index (χ0v) is 13.0. The van der Waals surface area contributed by atoms with Crippen molar-refractivity contribution in [3.63, 3.8) is 0 Å². The van der Waals surface area contributed by atoms with Crippen molar-refractivity contribution in [1.29, 1.82) is 0 Å². The van der Waals surface area contributed by atoms with Crippen LogP contribution in [0.5, 0.6) is 0 Å². The fourth-order valence-corrected chi connectivity index (χ4v) is 2.52. The monoisotopic (exact) mass is 301 g/mol. The molecule has 0 atom stereocenters. The minimum Gasteiger partial charge on any atom is -0.370 e. The Balaban J connectivity index is 1.57. The Morgan fingerprint density at radius 3 is 2.67 bits per heavy atom. The lowest BCUT2D eigenvalue weighted by Gasteiger charge is -2.11. The quantitative estimate of drug-likeness (QED) is 0.636. The van der Waals surface area contributed by atoms with Crippen LogP contribution < -0.4 is 5.32 Å². The molecule has 0 unspecified atom stereocenters. The molecule has 1 fully saturated rings. The third kappa shape index (κ3) is 3.73. The first-order valence-electron chi connectivity index (χ1n) is 7.56. The van der Waals surface area contributed by atoms with Crippen LogP contribution in [-0.4, -0.2) is 16.5 Å². The lowest BCUT2D eigenvalue weighted by Crippen LogP contribution is -2.09. The highest BCUT2D eigenvalue weighted by molar-refractivity contribution is 6.30. The molecule has 1 aromatic carbocycles. The fraction of sp³-hybridized carbons (Fsp3) is 0.412. The lowest BCUT2D eigenvalue weighted by molar-refractivity contribution is 0.847. The van der Waals surface area contributed by atoms with Gasteiger partial charge >= 0.3 is 0 Å². The van der Waals surface area contributed by atoms with E-state index in [0.29, 0.717) is 11.1 Å². The van der Waals surface area contributed by atoms with E-state index in [1.165, 1.54) is 18.4 Å². The molecular formula is C17H20ClN3. The summed E-state index contributed by atoms with van der Waals surface area (Å²) in [6.07, 6.45) is 4.52. The number of aryl methyl sites for hydroxylation is 1. The number of rotatable bonds is 6.